The van der Waals surface area contributed by atoms with Gasteiger partial charge >= 0.3 is 0 Å². The summed E-state index contributed by atoms with van der Waals surface area (Å²) in [7, 11) is 0. The molecule has 4 rings (SSSR count). The molecule has 2 aromatic rings. The Labute approximate surface area is 136 Å². The summed E-state index contributed by atoms with van der Waals surface area (Å²) in [5.41, 5.74) is 1.04. The van der Waals surface area contributed by atoms with E-state index in [9.17, 15) is 4.79 Å². The Bertz CT molecular complexity index is 669. The predicted octanol–water partition coefficient (Wildman–Crippen LogP) is 2.66. The number of amides is 1. The Morgan fingerprint density at radius 2 is 1.87 bits per heavy atom. The zero-order chi connectivity index (χ0) is 15.6. The topological polar surface area (TPSA) is 61.9 Å². The lowest BCUT2D eigenvalue weighted by atomic mass is 9.93. The second-order valence-corrected chi connectivity index (χ2v) is 6.72. The first kappa shape index (κ1) is 14.4. The summed E-state index contributed by atoms with van der Waals surface area (Å²) in [5, 5.41) is 7.40. The average molecular weight is 310 g/mol. The fourth-order valence-electron chi connectivity index (χ4n) is 3.32. The van der Waals surface area contributed by atoms with Gasteiger partial charge in [0.2, 0.25) is 5.91 Å². The normalized spacial score (nSPS) is 19.0. The number of benzene rings is 1. The van der Waals surface area contributed by atoms with Crippen LogP contribution in [0.4, 0.5) is 0 Å². The molecule has 0 spiro atoms. The number of hydrogen-bond donors (Lipinski definition) is 1. The zero-order valence-corrected chi connectivity index (χ0v) is 13.2. The standard InChI is InChI=1S/C18H22N4O/c23-18(15-6-7-15)22-10-8-13(9-11-22)12-16-19-17(21-20-16)14-4-2-1-3-5-14/h1-5,13,15H,6-12H2,(H,19,20,21). The van der Waals surface area contributed by atoms with Gasteiger partial charge in [0.05, 0.1) is 0 Å². The van der Waals surface area contributed by atoms with Gasteiger partial charge in [-0.25, -0.2) is 4.98 Å². The van der Waals surface area contributed by atoms with Gasteiger partial charge in [-0.3, -0.25) is 9.89 Å². The third-order valence-corrected chi connectivity index (χ3v) is 4.90. The molecule has 2 heterocycles. The van der Waals surface area contributed by atoms with Crippen LogP contribution >= 0.6 is 0 Å². The lowest BCUT2D eigenvalue weighted by molar-refractivity contribution is -0.133. The number of piperidine rings is 1. The van der Waals surface area contributed by atoms with Crippen LogP contribution in [-0.2, 0) is 11.2 Å². The summed E-state index contributed by atoms with van der Waals surface area (Å²) in [4.78, 5) is 18.8. The number of H-pyrrole nitrogens is 1. The number of carbonyl (C=O) groups is 1. The average Bonchev–Trinajstić information content (AvgIpc) is 3.35. The number of nitrogens with one attached hydrogen (secondary N) is 1. The minimum Gasteiger partial charge on any atom is -0.342 e. The zero-order valence-electron chi connectivity index (χ0n) is 13.2. The maximum absolute atomic E-state index is 12.1. The van der Waals surface area contributed by atoms with E-state index in [0.717, 1.165) is 62.4 Å². The Kier molecular flexibility index (Phi) is 3.85. The SMILES string of the molecule is O=C(C1CC1)N1CCC(Cc2nc(-c3ccccc3)n[nH]2)CC1. The summed E-state index contributed by atoms with van der Waals surface area (Å²) in [6.45, 7) is 1.80. The number of likely N-dealkylation sites (tertiary alicyclic amines) is 1. The predicted molar refractivity (Wildman–Crippen MR) is 87.6 cm³/mol. The van der Waals surface area contributed by atoms with E-state index in [0.29, 0.717) is 17.7 Å². The van der Waals surface area contributed by atoms with Crippen LogP contribution in [0.5, 0.6) is 0 Å². The quantitative estimate of drug-likeness (QED) is 0.944. The summed E-state index contributed by atoms with van der Waals surface area (Å²) < 4.78 is 0. The number of aromatic amines is 1. The van der Waals surface area contributed by atoms with Gasteiger partial charge in [-0.05, 0) is 31.6 Å². The molecule has 0 atom stereocenters. The van der Waals surface area contributed by atoms with Crippen molar-refractivity contribution in [1.82, 2.24) is 20.1 Å². The molecule has 0 unspecified atom stereocenters. The van der Waals surface area contributed by atoms with Crippen molar-refractivity contribution < 1.29 is 4.79 Å². The molecule has 5 nitrogen and oxygen atoms in total. The lowest BCUT2D eigenvalue weighted by Crippen LogP contribution is -2.39. The van der Waals surface area contributed by atoms with Gasteiger partial charge in [0, 0.05) is 31.0 Å². The fourth-order valence-corrected chi connectivity index (χ4v) is 3.32. The van der Waals surface area contributed by atoms with Gasteiger partial charge in [0.15, 0.2) is 5.82 Å². The second kappa shape index (κ2) is 6.14. The molecule has 120 valence electrons. The van der Waals surface area contributed by atoms with E-state index in [-0.39, 0.29) is 0 Å². The molecule has 2 aliphatic rings. The first-order valence-electron chi connectivity index (χ1n) is 8.55. The first-order chi connectivity index (χ1) is 11.3. The van der Waals surface area contributed by atoms with E-state index in [1.807, 2.05) is 30.3 Å². The molecule has 1 saturated carbocycles. The number of rotatable bonds is 4. The molecule has 1 saturated heterocycles. The molecular formula is C18H22N4O. The molecule has 1 amide bonds. The number of aromatic nitrogens is 3. The molecular weight excluding hydrogens is 288 g/mol. The summed E-state index contributed by atoms with van der Waals surface area (Å²) in [6, 6.07) is 10.0. The first-order valence-corrected chi connectivity index (χ1v) is 8.55. The van der Waals surface area contributed by atoms with Crippen molar-refractivity contribution in [3.8, 4) is 11.4 Å². The molecule has 2 fully saturated rings. The van der Waals surface area contributed by atoms with Crippen LogP contribution in [0.25, 0.3) is 11.4 Å². The summed E-state index contributed by atoms with van der Waals surface area (Å²) >= 11 is 0. The minimum atomic E-state index is 0.342. The molecule has 0 bridgehead atoms. The lowest BCUT2D eigenvalue weighted by Gasteiger charge is -2.31. The third-order valence-electron chi connectivity index (χ3n) is 4.90. The van der Waals surface area contributed by atoms with Crippen LogP contribution in [0.1, 0.15) is 31.5 Å². The highest BCUT2D eigenvalue weighted by molar-refractivity contribution is 5.81. The molecule has 1 aromatic carbocycles. The van der Waals surface area contributed by atoms with Crippen LogP contribution in [0, 0.1) is 11.8 Å². The van der Waals surface area contributed by atoms with Gasteiger partial charge < -0.3 is 4.90 Å². The summed E-state index contributed by atoms with van der Waals surface area (Å²) in [5.74, 6) is 3.04. The molecule has 5 heteroatoms. The Hall–Kier alpha value is -2.17. The van der Waals surface area contributed by atoms with Crippen molar-refractivity contribution >= 4 is 5.91 Å². The molecule has 1 aliphatic carbocycles. The van der Waals surface area contributed by atoms with Crippen molar-refractivity contribution in [2.24, 2.45) is 11.8 Å². The van der Waals surface area contributed by atoms with Gasteiger partial charge in [-0.15, -0.1) is 0 Å². The van der Waals surface area contributed by atoms with Crippen LogP contribution in [0.3, 0.4) is 0 Å². The molecule has 1 aromatic heterocycles. The van der Waals surface area contributed by atoms with Gasteiger partial charge in [-0.2, -0.15) is 5.10 Å². The van der Waals surface area contributed by atoms with Crippen molar-refractivity contribution in [2.75, 3.05) is 13.1 Å². The van der Waals surface area contributed by atoms with Gasteiger partial charge in [0.25, 0.3) is 0 Å². The van der Waals surface area contributed by atoms with E-state index in [1.54, 1.807) is 0 Å². The highest BCUT2D eigenvalue weighted by atomic mass is 16.2. The van der Waals surface area contributed by atoms with Crippen molar-refractivity contribution in [1.29, 1.82) is 0 Å². The Balaban J connectivity index is 1.33. The largest absolute Gasteiger partial charge is 0.342 e. The summed E-state index contributed by atoms with van der Waals surface area (Å²) in [6.07, 6.45) is 5.25. The third kappa shape index (κ3) is 3.28. The van der Waals surface area contributed by atoms with Crippen molar-refractivity contribution in [2.45, 2.75) is 32.1 Å². The number of carbonyl (C=O) groups excluding carboxylic acids is 1. The minimum absolute atomic E-state index is 0.342. The van der Waals surface area contributed by atoms with Crippen LogP contribution < -0.4 is 0 Å². The van der Waals surface area contributed by atoms with E-state index in [4.69, 9.17) is 0 Å². The monoisotopic (exact) mass is 310 g/mol. The highest BCUT2D eigenvalue weighted by Crippen LogP contribution is 2.32. The van der Waals surface area contributed by atoms with E-state index >= 15 is 0 Å². The van der Waals surface area contributed by atoms with Crippen LogP contribution in [0.2, 0.25) is 0 Å². The molecule has 1 N–H and O–H groups in total. The molecule has 1 aliphatic heterocycles. The van der Waals surface area contributed by atoms with E-state index in [1.165, 1.54) is 0 Å². The van der Waals surface area contributed by atoms with Crippen LogP contribution in [-0.4, -0.2) is 39.1 Å². The van der Waals surface area contributed by atoms with Crippen molar-refractivity contribution in [3.63, 3.8) is 0 Å². The second-order valence-electron chi connectivity index (χ2n) is 6.72. The smallest absolute Gasteiger partial charge is 0.225 e. The molecule has 23 heavy (non-hydrogen) atoms. The Morgan fingerprint density at radius 1 is 1.13 bits per heavy atom. The maximum Gasteiger partial charge on any atom is 0.225 e. The van der Waals surface area contributed by atoms with E-state index in [2.05, 4.69) is 20.1 Å². The fraction of sp³-hybridized carbons (Fsp3) is 0.500. The van der Waals surface area contributed by atoms with E-state index < -0.39 is 0 Å². The van der Waals surface area contributed by atoms with Crippen molar-refractivity contribution in [3.05, 3.63) is 36.2 Å². The maximum atomic E-state index is 12.1. The number of hydrogen-bond acceptors (Lipinski definition) is 3. The number of nitrogens with zero attached hydrogens (tertiary/aromatic N) is 3. The Morgan fingerprint density at radius 3 is 2.57 bits per heavy atom. The molecule has 0 radical (unpaired) electrons. The van der Waals surface area contributed by atoms with Crippen LogP contribution in [0.15, 0.2) is 30.3 Å². The van der Waals surface area contributed by atoms with Gasteiger partial charge in [0.1, 0.15) is 5.82 Å². The highest BCUT2D eigenvalue weighted by Gasteiger charge is 2.34. The van der Waals surface area contributed by atoms with Gasteiger partial charge in [-0.1, -0.05) is 30.3 Å².